The van der Waals surface area contributed by atoms with E-state index in [1.165, 1.54) is 11.3 Å². The van der Waals surface area contributed by atoms with Crippen molar-refractivity contribution in [2.75, 3.05) is 5.73 Å². The highest BCUT2D eigenvalue weighted by atomic mass is 32.1. The van der Waals surface area contributed by atoms with Crippen LogP contribution >= 0.6 is 11.3 Å². The molecule has 0 radical (unpaired) electrons. The van der Waals surface area contributed by atoms with Gasteiger partial charge in [0.15, 0.2) is 5.13 Å². The van der Waals surface area contributed by atoms with E-state index in [1.54, 1.807) is 0 Å². The highest BCUT2D eigenvalue weighted by molar-refractivity contribution is 7.22. The van der Waals surface area contributed by atoms with Crippen LogP contribution < -0.4 is 5.73 Å². The van der Waals surface area contributed by atoms with Gasteiger partial charge in [0.1, 0.15) is 6.29 Å². The standard InChI is InChI=1S/C11H8N2OS/c12-11-13-9-7-8(3-1-2-6-14)4-5-10(9)15-11/h4-7H,2H2,(H2,12,13). The monoisotopic (exact) mass is 216 g/mol. The summed E-state index contributed by atoms with van der Waals surface area (Å²) in [6.07, 6.45) is 1.05. The number of nitrogens with zero attached hydrogens (tertiary/aromatic N) is 1. The molecule has 0 spiro atoms. The summed E-state index contributed by atoms with van der Waals surface area (Å²) in [5.41, 5.74) is 7.30. The number of thiazole rings is 1. The Labute approximate surface area is 90.9 Å². The molecule has 0 aliphatic rings. The van der Waals surface area contributed by atoms with E-state index < -0.39 is 0 Å². The van der Waals surface area contributed by atoms with Gasteiger partial charge in [-0.05, 0) is 18.2 Å². The molecule has 3 nitrogen and oxygen atoms in total. The predicted molar refractivity (Wildman–Crippen MR) is 61.6 cm³/mol. The quantitative estimate of drug-likeness (QED) is 0.584. The number of aldehydes is 1. The third-order valence-corrected chi connectivity index (χ3v) is 2.69. The fourth-order valence-corrected chi connectivity index (χ4v) is 1.93. The minimum Gasteiger partial charge on any atom is -0.375 e. The minimum absolute atomic E-state index is 0.261. The first-order chi connectivity index (χ1) is 7.29. The van der Waals surface area contributed by atoms with Gasteiger partial charge in [-0.1, -0.05) is 23.2 Å². The summed E-state index contributed by atoms with van der Waals surface area (Å²) in [6, 6.07) is 5.71. The van der Waals surface area contributed by atoms with E-state index in [4.69, 9.17) is 5.73 Å². The Morgan fingerprint density at radius 3 is 3.20 bits per heavy atom. The molecule has 15 heavy (non-hydrogen) atoms. The molecular weight excluding hydrogens is 208 g/mol. The van der Waals surface area contributed by atoms with Crippen LogP contribution in [0.4, 0.5) is 5.13 Å². The molecule has 1 aromatic carbocycles. The number of hydrogen-bond acceptors (Lipinski definition) is 4. The third-order valence-electron chi connectivity index (χ3n) is 1.82. The van der Waals surface area contributed by atoms with E-state index >= 15 is 0 Å². The van der Waals surface area contributed by atoms with E-state index in [0.717, 1.165) is 22.1 Å². The van der Waals surface area contributed by atoms with Crippen molar-refractivity contribution < 1.29 is 4.79 Å². The zero-order valence-corrected chi connectivity index (χ0v) is 8.67. The fourth-order valence-electron chi connectivity index (χ4n) is 1.22. The predicted octanol–water partition coefficient (Wildman–Crippen LogP) is 1.82. The van der Waals surface area contributed by atoms with Gasteiger partial charge in [0.05, 0.1) is 16.6 Å². The SMILES string of the molecule is Nc1nc2cc(C#CCC=O)ccc2s1. The first-order valence-corrected chi connectivity index (χ1v) is 5.20. The molecule has 0 aliphatic heterocycles. The molecule has 0 bridgehead atoms. The second kappa shape index (κ2) is 4.11. The van der Waals surface area contributed by atoms with Crippen molar-refractivity contribution >= 4 is 33.0 Å². The molecule has 0 saturated heterocycles. The lowest BCUT2D eigenvalue weighted by Crippen LogP contribution is -1.79. The smallest absolute Gasteiger partial charge is 0.181 e. The third kappa shape index (κ3) is 2.14. The number of benzene rings is 1. The number of nitrogens with two attached hydrogens (primary N) is 1. The zero-order valence-electron chi connectivity index (χ0n) is 7.86. The summed E-state index contributed by atoms with van der Waals surface area (Å²) in [6.45, 7) is 0. The number of carbonyl (C=O) groups is 1. The number of carbonyl (C=O) groups excluding carboxylic acids is 1. The minimum atomic E-state index is 0.261. The Balaban J connectivity index is 2.39. The summed E-state index contributed by atoms with van der Waals surface area (Å²) in [5.74, 6) is 5.64. The van der Waals surface area contributed by atoms with Crippen LogP contribution in [0.1, 0.15) is 12.0 Å². The number of fused-ring (bicyclic) bond motifs is 1. The van der Waals surface area contributed by atoms with Crippen molar-refractivity contribution in [2.24, 2.45) is 0 Å². The molecule has 2 N–H and O–H groups in total. The van der Waals surface area contributed by atoms with Gasteiger partial charge in [-0.2, -0.15) is 0 Å². The topological polar surface area (TPSA) is 56.0 Å². The van der Waals surface area contributed by atoms with Gasteiger partial charge in [-0.15, -0.1) is 0 Å². The summed E-state index contributed by atoms with van der Waals surface area (Å²) >= 11 is 1.45. The second-order valence-electron chi connectivity index (χ2n) is 2.91. The molecule has 1 heterocycles. The Bertz CT molecular complexity index is 563. The van der Waals surface area contributed by atoms with Crippen LogP contribution in [-0.2, 0) is 4.79 Å². The molecule has 0 atom stereocenters. The van der Waals surface area contributed by atoms with E-state index in [-0.39, 0.29) is 6.42 Å². The molecule has 0 amide bonds. The van der Waals surface area contributed by atoms with Gasteiger partial charge in [0.2, 0.25) is 0 Å². The maximum absolute atomic E-state index is 10.1. The van der Waals surface area contributed by atoms with Crippen molar-refractivity contribution in [3.8, 4) is 11.8 Å². The van der Waals surface area contributed by atoms with Gasteiger partial charge < -0.3 is 10.5 Å². The number of anilines is 1. The molecule has 0 saturated carbocycles. The molecular formula is C11H8N2OS. The lowest BCUT2D eigenvalue weighted by Gasteiger charge is -1.89. The Hall–Kier alpha value is -1.86. The van der Waals surface area contributed by atoms with Crippen molar-refractivity contribution in [1.29, 1.82) is 0 Å². The highest BCUT2D eigenvalue weighted by Crippen LogP contribution is 2.23. The maximum atomic E-state index is 10.1. The molecule has 4 heteroatoms. The van der Waals surface area contributed by atoms with Gasteiger partial charge in [-0.25, -0.2) is 4.98 Å². The van der Waals surface area contributed by atoms with Crippen molar-refractivity contribution in [3.63, 3.8) is 0 Å². The van der Waals surface area contributed by atoms with Gasteiger partial charge in [-0.3, -0.25) is 0 Å². The number of hydrogen-bond donors (Lipinski definition) is 1. The van der Waals surface area contributed by atoms with Crippen molar-refractivity contribution in [2.45, 2.75) is 6.42 Å². The zero-order chi connectivity index (χ0) is 10.7. The molecule has 0 unspecified atom stereocenters. The summed E-state index contributed by atoms with van der Waals surface area (Å²) in [4.78, 5) is 14.2. The number of nitrogen functional groups attached to an aromatic ring is 1. The Morgan fingerprint density at radius 2 is 2.40 bits per heavy atom. The lowest BCUT2D eigenvalue weighted by atomic mass is 10.2. The number of rotatable bonds is 1. The van der Waals surface area contributed by atoms with Crippen LogP contribution in [0, 0.1) is 11.8 Å². The second-order valence-corrected chi connectivity index (χ2v) is 3.97. The highest BCUT2D eigenvalue weighted by Gasteiger charge is 2.00. The van der Waals surface area contributed by atoms with Crippen molar-refractivity contribution in [3.05, 3.63) is 23.8 Å². The lowest BCUT2D eigenvalue weighted by molar-refractivity contribution is -0.107. The largest absolute Gasteiger partial charge is 0.375 e. The van der Waals surface area contributed by atoms with Crippen LogP contribution in [0.2, 0.25) is 0 Å². The summed E-state index contributed by atoms with van der Waals surface area (Å²) < 4.78 is 1.05. The maximum Gasteiger partial charge on any atom is 0.181 e. The first kappa shape index (κ1) is 9.69. The van der Waals surface area contributed by atoms with E-state index in [9.17, 15) is 4.79 Å². The van der Waals surface area contributed by atoms with E-state index in [0.29, 0.717) is 5.13 Å². The number of aromatic nitrogens is 1. The van der Waals surface area contributed by atoms with E-state index in [2.05, 4.69) is 16.8 Å². The Kier molecular flexibility index (Phi) is 2.66. The molecule has 2 aromatic rings. The van der Waals surface area contributed by atoms with E-state index in [1.807, 2.05) is 18.2 Å². The van der Waals surface area contributed by atoms with Crippen LogP contribution in [0.5, 0.6) is 0 Å². The normalized spacial score (nSPS) is 9.60. The van der Waals surface area contributed by atoms with Crippen LogP contribution in [0.25, 0.3) is 10.2 Å². The molecule has 74 valence electrons. The average Bonchev–Trinajstić information content (AvgIpc) is 2.57. The molecule has 2 rings (SSSR count). The summed E-state index contributed by atoms with van der Waals surface area (Å²) in [5, 5.41) is 0.558. The van der Waals surface area contributed by atoms with Gasteiger partial charge in [0, 0.05) is 5.56 Å². The van der Waals surface area contributed by atoms with Crippen LogP contribution in [0.3, 0.4) is 0 Å². The van der Waals surface area contributed by atoms with Gasteiger partial charge >= 0.3 is 0 Å². The van der Waals surface area contributed by atoms with Crippen LogP contribution in [-0.4, -0.2) is 11.3 Å². The van der Waals surface area contributed by atoms with Crippen molar-refractivity contribution in [1.82, 2.24) is 4.98 Å². The fraction of sp³-hybridized carbons (Fsp3) is 0.0909. The molecule has 0 fully saturated rings. The first-order valence-electron chi connectivity index (χ1n) is 4.38. The van der Waals surface area contributed by atoms with Crippen LogP contribution in [0.15, 0.2) is 18.2 Å². The molecule has 1 aromatic heterocycles. The summed E-state index contributed by atoms with van der Waals surface area (Å²) in [7, 11) is 0. The Morgan fingerprint density at radius 1 is 1.53 bits per heavy atom. The van der Waals surface area contributed by atoms with Gasteiger partial charge in [0.25, 0.3) is 0 Å². The average molecular weight is 216 g/mol. The molecule has 0 aliphatic carbocycles.